The maximum atomic E-state index is 12.1. The molecule has 1 aliphatic rings. The molecule has 0 atom stereocenters. The average molecular weight is 288 g/mol. The molecule has 0 spiro atoms. The predicted molar refractivity (Wildman–Crippen MR) is 86.1 cm³/mol. The minimum absolute atomic E-state index is 0.117. The Hall–Kier alpha value is -1.81. The van der Waals surface area contributed by atoms with Crippen molar-refractivity contribution in [3.63, 3.8) is 0 Å². The lowest BCUT2D eigenvalue weighted by molar-refractivity contribution is -0.0589. The normalized spacial score (nSPS) is 16.6. The van der Waals surface area contributed by atoms with E-state index in [1.165, 1.54) is 5.57 Å². The number of rotatable bonds is 2. The molecule has 0 aromatic heterocycles. The van der Waals surface area contributed by atoms with E-state index in [0.29, 0.717) is 5.56 Å². The van der Waals surface area contributed by atoms with E-state index < -0.39 is 5.60 Å². The van der Waals surface area contributed by atoms with Gasteiger partial charge in [0.05, 0.1) is 11.1 Å². The molecule has 0 fully saturated rings. The minimum atomic E-state index is -0.413. The first kappa shape index (κ1) is 15.6. The fourth-order valence-corrected chi connectivity index (χ4v) is 2.39. The van der Waals surface area contributed by atoms with Crippen LogP contribution < -0.4 is 10.8 Å². The van der Waals surface area contributed by atoms with Crippen molar-refractivity contribution in [2.24, 2.45) is 0 Å². The van der Waals surface area contributed by atoms with Crippen LogP contribution in [0.15, 0.2) is 24.3 Å². The highest BCUT2D eigenvalue weighted by Gasteiger charge is 2.23. The Kier molecular flexibility index (Phi) is 3.85. The summed E-state index contributed by atoms with van der Waals surface area (Å²) in [5.74, 6) is -0.237. The topological polar surface area (TPSA) is 50.4 Å². The molecule has 0 unspecified atom stereocenters. The van der Waals surface area contributed by atoms with Gasteiger partial charge in [0.25, 0.3) is 5.91 Å². The van der Waals surface area contributed by atoms with Gasteiger partial charge in [-0.25, -0.2) is 5.48 Å². The number of anilines is 1. The minimum Gasteiger partial charge on any atom is -0.376 e. The van der Waals surface area contributed by atoms with Crippen molar-refractivity contribution in [2.75, 3.05) is 5.32 Å². The lowest BCUT2D eigenvalue weighted by atomic mass is 9.90. The van der Waals surface area contributed by atoms with Gasteiger partial charge in [-0.3, -0.25) is 9.63 Å². The third-order valence-electron chi connectivity index (χ3n) is 3.19. The van der Waals surface area contributed by atoms with E-state index in [1.54, 1.807) is 0 Å². The van der Waals surface area contributed by atoms with E-state index in [0.717, 1.165) is 11.3 Å². The fraction of sp³-hybridized carbons (Fsp3) is 0.471. The van der Waals surface area contributed by atoms with Crippen LogP contribution in [0.2, 0.25) is 0 Å². The van der Waals surface area contributed by atoms with Crippen molar-refractivity contribution in [3.8, 4) is 0 Å². The van der Waals surface area contributed by atoms with E-state index in [-0.39, 0.29) is 11.4 Å². The van der Waals surface area contributed by atoms with Crippen LogP contribution in [-0.4, -0.2) is 17.0 Å². The summed E-state index contributed by atoms with van der Waals surface area (Å²) in [6.45, 7) is 12.0. The molecule has 0 bridgehead atoms. The molecule has 2 rings (SSSR count). The van der Waals surface area contributed by atoms with E-state index in [9.17, 15) is 4.79 Å². The van der Waals surface area contributed by atoms with Gasteiger partial charge in [-0.1, -0.05) is 12.1 Å². The van der Waals surface area contributed by atoms with E-state index >= 15 is 0 Å². The average Bonchev–Trinajstić information content (AvgIpc) is 2.32. The molecule has 114 valence electrons. The highest BCUT2D eigenvalue weighted by molar-refractivity contribution is 5.96. The molecule has 1 heterocycles. The number of carbonyl (C=O) groups is 1. The van der Waals surface area contributed by atoms with Crippen molar-refractivity contribution in [1.82, 2.24) is 5.48 Å². The maximum absolute atomic E-state index is 12.1. The predicted octanol–water partition coefficient (Wildman–Crippen LogP) is 3.75. The molecule has 1 aliphatic heterocycles. The van der Waals surface area contributed by atoms with Crippen LogP contribution in [0.25, 0.3) is 5.57 Å². The third-order valence-corrected chi connectivity index (χ3v) is 3.19. The standard InChI is InChI=1S/C17H24N2O2/c1-11-10-17(5,6)18-14-9-12(7-8-13(11)14)15(20)19-21-16(2,3)4/h7-10,18H,1-6H3,(H,19,20). The number of fused-ring (bicyclic) bond motifs is 1. The van der Waals surface area contributed by atoms with Crippen LogP contribution in [0.5, 0.6) is 0 Å². The van der Waals surface area contributed by atoms with Crippen molar-refractivity contribution in [1.29, 1.82) is 0 Å². The van der Waals surface area contributed by atoms with Gasteiger partial charge in [-0.05, 0) is 59.2 Å². The number of carbonyl (C=O) groups excluding carboxylic acids is 1. The Bertz CT molecular complexity index is 595. The molecule has 0 aliphatic carbocycles. The number of hydrogen-bond donors (Lipinski definition) is 2. The first-order chi connectivity index (χ1) is 9.57. The summed E-state index contributed by atoms with van der Waals surface area (Å²) < 4.78 is 0. The summed E-state index contributed by atoms with van der Waals surface area (Å²) in [6.07, 6.45) is 2.19. The van der Waals surface area contributed by atoms with Crippen LogP contribution in [0, 0.1) is 0 Å². The molecule has 0 radical (unpaired) electrons. The molecule has 2 N–H and O–H groups in total. The zero-order chi connectivity index (χ0) is 15.8. The SMILES string of the molecule is CC1=CC(C)(C)Nc2cc(C(=O)NOC(C)(C)C)ccc21. The van der Waals surface area contributed by atoms with Crippen molar-refractivity contribution >= 4 is 17.2 Å². The molecular formula is C17H24N2O2. The van der Waals surface area contributed by atoms with Crippen LogP contribution in [0.1, 0.15) is 57.5 Å². The first-order valence-corrected chi connectivity index (χ1v) is 7.18. The summed E-state index contributed by atoms with van der Waals surface area (Å²) in [5, 5.41) is 3.44. The highest BCUT2D eigenvalue weighted by Crippen LogP contribution is 2.34. The number of hydroxylamine groups is 1. The van der Waals surface area contributed by atoms with Gasteiger partial charge in [-0.15, -0.1) is 0 Å². The van der Waals surface area contributed by atoms with Gasteiger partial charge in [-0.2, -0.15) is 0 Å². The summed E-state index contributed by atoms with van der Waals surface area (Å²) in [5.41, 5.74) is 5.86. The molecule has 1 aromatic rings. The molecule has 4 nitrogen and oxygen atoms in total. The number of benzene rings is 1. The Morgan fingerprint density at radius 2 is 1.95 bits per heavy atom. The number of nitrogens with one attached hydrogen (secondary N) is 2. The Labute approximate surface area is 126 Å². The third kappa shape index (κ3) is 3.85. The van der Waals surface area contributed by atoms with Gasteiger partial charge in [0, 0.05) is 16.8 Å². The van der Waals surface area contributed by atoms with E-state index in [2.05, 4.69) is 37.6 Å². The molecule has 1 aromatic carbocycles. The fourth-order valence-electron chi connectivity index (χ4n) is 2.39. The van der Waals surface area contributed by atoms with Gasteiger partial charge in [0.2, 0.25) is 0 Å². The first-order valence-electron chi connectivity index (χ1n) is 7.18. The second-order valence-corrected chi connectivity index (χ2v) is 7.08. The van der Waals surface area contributed by atoms with Crippen LogP contribution in [-0.2, 0) is 4.84 Å². The van der Waals surface area contributed by atoms with E-state index in [4.69, 9.17) is 4.84 Å². The monoisotopic (exact) mass is 288 g/mol. The number of hydrogen-bond acceptors (Lipinski definition) is 3. The van der Waals surface area contributed by atoms with Gasteiger partial charge in [0.1, 0.15) is 0 Å². The molecule has 1 amide bonds. The number of amides is 1. The number of allylic oxidation sites excluding steroid dienone is 1. The smallest absolute Gasteiger partial charge is 0.274 e. The van der Waals surface area contributed by atoms with Crippen LogP contribution >= 0.6 is 0 Å². The summed E-state index contributed by atoms with van der Waals surface area (Å²) in [6, 6.07) is 5.65. The summed E-state index contributed by atoms with van der Waals surface area (Å²) in [4.78, 5) is 17.5. The van der Waals surface area contributed by atoms with Gasteiger partial charge < -0.3 is 5.32 Å². The Balaban J connectivity index is 2.22. The molecule has 4 heteroatoms. The summed E-state index contributed by atoms with van der Waals surface area (Å²) in [7, 11) is 0. The zero-order valence-corrected chi connectivity index (χ0v) is 13.6. The Morgan fingerprint density at radius 1 is 1.29 bits per heavy atom. The second-order valence-electron chi connectivity index (χ2n) is 7.08. The van der Waals surface area contributed by atoms with Gasteiger partial charge >= 0.3 is 0 Å². The molecule has 21 heavy (non-hydrogen) atoms. The summed E-state index contributed by atoms with van der Waals surface area (Å²) >= 11 is 0. The van der Waals surface area contributed by atoms with E-state index in [1.807, 2.05) is 39.0 Å². The van der Waals surface area contributed by atoms with Crippen molar-refractivity contribution in [2.45, 2.75) is 52.7 Å². The highest BCUT2D eigenvalue weighted by atomic mass is 16.7. The maximum Gasteiger partial charge on any atom is 0.274 e. The zero-order valence-electron chi connectivity index (χ0n) is 13.6. The quantitative estimate of drug-likeness (QED) is 0.815. The largest absolute Gasteiger partial charge is 0.376 e. The molecule has 0 saturated heterocycles. The van der Waals surface area contributed by atoms with Crippen LogP contribution in [0.4, 0.5) is 5.69 Å². The van der Waals surface area contributed by atoms with Crippen molar-refractivity contribution < 1.29 is 9.63 Å². The lowest BCUT2D eigenvalue weighted by Crippen LogP contribution is -2.34. The van der Waals surface area contributed by atoms with Gasteiger partial charge in [0.15, 0.2) is 0 Å². The molecule has 0 saturated carbocycles. The Morgan fingerprint density at radius 3 is 2.57 bits per heavy atom. The van der Waals surface area contributed by atoms with Crippen LogP contribution in [0.3, 0.4) is 0 Å². The second kappa shape index (κ2) is 5.19. The molecular weight excluding hydrogens is 264 g/mol. The van der Waals surface area contributed by atoms with Crippen molar-refractivity contribution in [3.05, 3.63) is 35.4 Å². The lowest BCUT2D eigenvalue weighted by Gasteiger charge is -2.31.